The number of carboxylic acid groups (broad SMARTS) is 1. The van der Waals surface area contributed by atoms with Crippen molar-refractivity contribution in [2.75, 3.05) is 6.54 Å². The topological polar surface area (TPSA) is 84.2 Å². The molecule has 1 heterocycles. The second-order valence-electron chi connectivity index (χ2n) is 5.31. The molecule has 0 spiro atoms. The lowest BCUT2D eigenvalue weighted by molar-refractivity contribution is -0.153. The number of aliphatic carboxylic acids is 1. The maximum absolute atomic E-state index is 12.2. The first-order valence-electron chi connectivity index (χ1n) is 7.10. The summed E-state index contributed by atoms with van der Waals surface area (Å²) in [4.78, 5) is 23.5. The lowest BCUT2D eigenvalue weighted by Gasteiger charge is -2.37. The Morgan fingerprint density at radius 3 is 2.60 bits per heavy atom. The van der Waals surface area contributed by atoms with Crippen molar-refractivity contribution < 1.29 is 14.7 Å². The van der Waals surface area contributed by atoms with Gasteiger partial charge >= 0.3 is 5.97 Å². The molecule has 1 aromatic rings. The van der Waals surface area contributed by atoms with E-state index in [9.17, 15) is 14.7 Å². The molecule has 6 heteroatoms. The van der Waals surface area contributed by atoms with Crippen LogP contribution in [-0.2, 0) is 17.8 Å². The fraction of sp³-hybridized carbons (Fsp3) is 0.643. The van der Waals surface area contributed by atoms with E-state index in [0.29, 0.717) is 25.1 Å². The minimum Gasteiger partial charge on any atom is -0.481 e. The fourth-order valence-electron chi connectivity index (χ4n) is 2.48. The van der Waals surface area contributed by atoms with Crippen LogP contribution in [0.25, 0.3) is 0 Å². The van der Waals surface area contributed by atoms with E-state index < -0.39 is 11.4 Å². The molecule has 0 unspecified atom stereocenters. The first-order chi connectivity index (χ1) is 9.52. The Morgan fingerprint density at radius 1 is 1.45 bits per heavy atom. The van der Waals surface area contributed by atoms with E-state index in [1.54, 1.807) is 10.7 Å². The highest BCUT2D eigenvalue weighted by Crippen LogP contribution is 2.40. The van der Waals surface area contributed by atoms with Crippen LogP contribution in [0.4, 0.5) is 0 Å². The number of amides is 1. The number of hydrogen-bond donors (Lipinski definition) is 2. The summed E-state index contributed by atoms with van der Waals surface area (Å²) in [6.45, 7) is 4.72. The maximum atomic E-state index is 12.2. The second-order valence-corrected chi connectivity index (χ2v) is 5.31. The summed E-state index contributed by atoms with van der Waals surface area (Å²) in [5.74, 6) is -1.06. The zero-order valence-corrected chi connectivity index (χ0v) is 12.0. The minimum absolute atomic E-state index is 0.192. The van der Waals surface area contributed by atoms with Crippen LogP contribution in [-0.4, -0.2) is 33.3 Å². The number of aryl methyl sites for hydroxylation is 2. The number of nitrogens with zero attached hydrogens (tertiary/aromatic N) is 2. The molecular weight excluding hydrogens is 258 g/mol. The van der Waals surface area contributed by atoms with Gasteiger partial charge in [0.15, 0.2) is 0 Å². The van der Waals surface area contributed by atoms with Crippen LogP contribution in [0.2, 0.25) is 0 Å². The van der Waals surface area contributed by atoms with Crippen molar-refractivity contribution in [3.8, 4) is 0 Å². The van der Waals surface area contributed by atoms with Crippen LogP contribution in [0, 0.1) is 5.41 Å². The van der Waals surface area contributed by atoms with Gasteiger partial charge in [0.05, 0.1) is 11.1 Å². The molecular formula is C14H21N3O3. The molecule has 1 amide bonds. The van der Waals surface area contributed by atoms with Gasteiger partial charge in [0.1, 0.15) is 5.69 Å². The average Bonchev–Trinajstić information content (AvgIpc) is 2.80. The fourth-order valence-corrected chi connectivity index (χ4v) is 2.48. The molecule has 2 N–H and O–H groups in total. The average molecular weight is 279 g/mol. The standard InChI is InChI=1S/C14H21N3O3/c1-3-10-8-11(17(4-2)16-10)12(18)15-9-14(13(19)20)6-5-7-14/h8H,3-7,9H2,1-2H3,(H,15,18)(H,19,20). The minimum atomic E-state index is -0.817. The molecule has 2 rings (SSSR count). The Kier molecular flexibility index (Phi) is 4.11. The van der Waals surface area contributed by atoms with Crippen molar-refractivity contribution in [3.05, 3.63) is 17.5 Å². The van der Waals surface area contributed by atoms with Gasteiger partial charge < -0.3 is 10.4 Å². The second kappa shape index (κ2) is 5.64. The van der Waals surface area contributed by atoms with E-state index in [1.807, 2.05) is 13.8 Å². The van der Waals surface area contributed by atoms with Crippen LogP contribution in [0.15, 0.2) is 6.07 Å². The highest BCUT2D eigenvalue weighted by molar-refractivity contribution is 5.93. The highest BCUT2D eigenvalue weighted by Gasteiger charge is 2.44. The third-order valence-electron chi connectivity index (χ3n) is 4.08. The molecule has 0 radical (unpaired) electrons. The normalized spacial score (nSPS) is 16.5. The number of carboxylic acids is 1. The molecule has 20 heavy (non-hydrogen) atoms. The van der Waals surface area contributed by atoms with Gasteiger partial charge in [-0.2, -0.15) is 5.10 Å². The summed E-state index contributed by atoms with van der Waals surface area (Å²) in [6, 6.07) is 1.77. The van der Waals surface area contributed by atoms with Gasteiger partial charge in [-0.05, 0) is 32.3 Å². The molecule has 0 saturated heterocycles. The molecule has 1 aliphatic carbocycles. The Morgan fingerprint density at radius 2 is 2.15 bits per heavy atom. The lowest BCUT2D eigenvalue weighted by atomic mass is 9.69. The van der Waals surface area contributed by atoms with Crippen molar-refractivity contribution in [3.63, 3.8) is 0 Å². The quantitative estimate of drug-likeness (QED) is 0.825. The molecule has 110 valence electrons. The molecule has 6 nitrogen and oxygen atoms in total. The van der Waals surface area contributed by atoms with Crippen LogP contribution in [0.1, 0.15) is 49.3 Å². The Bertz CT molecular complexity index is 518. The zero-order chi connectivity index (χ0) is 14.8. The third-order valence-corrected chi connectivity index (χ3v) is 4.08. The van der Waals surface area contributed by atoms with E-state index in [2.05, 4.69) is 10.4 Å². The van der Waals surface area contributed by atoms with Gasteiger partial charge in [-0.1, -0.05) is 13.3 Å². The number of carbonyl (C=O) groups excluding carboxylic acids is 1. The molecule has 1 aromatic heterocycles. The molecule has 0 aromatic carbocycles. The number of rotatable bonds is 6. The maximum Gasteiger partial charge on any atom is 0.311 e. The molecule has 1 saturated carbocycles. The van der Waals surface area contributed by atoms with Crippen LogP contribution >= 0.6 is 0 Å². The molecule has 0 bridgehead atoms. The van der Waals surface area contributed by atoms with Crippen LogP contribution in [0.3, 0.4) is 0 Å². The lowest BCUT2D eigenvalue weighted by Crippen LogP contribution is -2.47. The SMILES string of the molecule is CCc1cc(C(=O)NCC2(C(=O)O)CCC2)n(CC)n1. The van der Waals surface area contributed by atoms with Crippen molar-refractivity contribution >= 4 is 11.9 Å². The Labute approximate surface area is 118 Å². The summed E-state index contributed by atoms with van der Waals surface area (Å²) >= 11 is 0. The Hall–Kier alpha value is -1.85. The number of hydrogen-bond acceptors (Lipinski definition) is 3. The first kappa shape index (κ1) is 14.6. The summed E-state index contributed by atoms with van der Waals surface area (Å²) < 4.78 is 1.66. The summed E-state index contributed by atoms with van der Waals surface area (Å²) in [5.41, 5.74) is 0.609. The molecule has 1 aliphatic rings. The largest absolute Gasteiger partial charge is 0.481 e. The van der Waals surface area contributed by atoms with Gasteiger partial charge in [0.2, 0.25) is 0 Å². The van der Waals surface area contributed by atoms with Gasteiger partial charge in [-0.25, -0.2) is 0 Å². The van der Waals surface area contributed by atoms with Crippen molar-refractivity contribution in [2.45, 2.75) is 46.1 Å². The van der Waals surface area contributed by atoms with Gasteiger partial charge in [-0.15, -0.1) is 0 Å². The van der Waals surface area contributed by atoms with Crippen molar-refractivity contribution in [1.29, 1.82) is 0 Å². The molecule has 0 aliphatic heterocycles. The number of nitrogens with one attached hydrogen (secondary N) is 1. The smallest absolute Gasteiger partial charge is 0.311 e. The van der Waals surface area contributed by atoms with Gasteiger partial charge in [0, 0.05) is 13.1 Å². The van der Waals surface area contributed by atoms with Crippen molar-refractivity contribution in [2.24, 2.45) is 5.41 Å². The summed E-state index contributed by atoms with van der Waals surface area (Å²) in [7, 11) is 0. The van der Waals surface area contributed by atoms with E-state index in [0.717, 1.165) is 18.5 Å². The van der Waals surface area contributed by atoms with E-state index >= 15 is 0 Å². The van der Waals surface area contributed by atoms with Crippen LogP contribution < -0.4 is 5.32 Å². The first-order valence-corrected chi connectivity index (χ1v) is 7.10. The predicted octanol–water partition coefficient (Wildman–Crippen LogP) is 1.45. The third kappa shape index (κ3) is 2.55. The number of carbonyl (C=O) groups is 2. The van der Waals surface area contributed by atoms with E-state index in [4.69, 9.17) is 0 Å². The van der Waals surface area contributed by atoms with Crippen molar-refractivity contribution in [1.82, 2.24) is 15.1 Å². The zero-order valence-electron chi connectivity index (χ0n) is 12.0. The molecule has 0 atom stereocenters. The highest BCUT2D eigenvalue weighted by atomic mass is 16.4. The van der Waals surface area contributed by atoms with Crippen LogP contribution in [0.5, 0.6) is 0 Å². The van der Waals surface area contributed by atoms with Gasteiger partial charge in [-0.3, -0.25) is 14.3 Å². The monoisotopic (exact) mass is 279 g/mol. The Balaban J connectivity index is 2.05. The molecule has 1 fully saturated rings. The summed E-state index contributed by atoms with van der Waals surface area (Å²) in [5, 5.41) is 16.3. The predicted molar refractivity (Wildman–Crippen MR) is 73.5 cm³/mol. The van der Waals surface area contributed by atoms with E-state index in [1.165, 1.54) is 0 Å². The number of aromatic nitrogens is 2. The van der Waals surface area contributed by atoms with Gasteiger partial charge in [0.25, 0.3) is 5.91 Å². The summed E-state index contributed by atoms with van der Waals surface area (Å²) in [6.07, 6.45) is 2.95. The van der Waals surface area contributed by atoms with E-state index in [-0.39, 0.29) is 12.5 Å².